The molecule has 2 aromatic carbocycles. The van der Waals surface area contributed by atoms with E-state index in [0.717, 1.165) is 12.2 Å². The molecule has 0 aliphatic heterocycles. The molecule has 2 rings (SSSR count). The summed E-state index contributed by atoms with van der Waals surface area (Å²) >= 11 is 12.1. The molecule has 1 amide bonds. The van der Waals surface area contributed by atoms with E-state index in [4.69, 9.17) is 27.9 Å². The highest BCUT2D eigenvalue weighted by atomic mass is 35.5. The Morgan fingerprint density at radius 3 is 2.36 bits per heavy atom. The molecule has 0 heterocycles. The van der Waals surface area contributed by atoms with Crippen molar-refractivity contribution in [3.63, 3.8) is 0 Å². The molecule has 2 aromatic rings. The van der Waals surface area contributed by atoms with Crippen molar-refractivity contribution in [2.45, 2.75) is 84.5 Å². The van der Waals surface area contributed by atoms with E-state index in [1.165, 1.54) is 69.4 Å². The van der Waals surface area contributed by atoms with Gasteiger partial charge in [-0.15, -0.1) is 0 Å². The maximum absolute atomic E-state index is 12.2. The van der Waals surface area contributed by atoms with Gasteiger partial charge in [0.1, 0.15) is 5.75 Å². The number of aryl methyl sites for hydroxylation is 1. The molecule has 2 N–H and O–H groups in total. The third-order valence-electron chi connectivity index (χ3n) is 5.76. The van der Waals surface area contributed by atoms with Crippen LogP contribution in [0.15, 0.2) is 30.3 Å². The molecule has 0 aromatic heterocycles. The van der Waals surface area contributed by atoms with Crippen molar-refractivity contribution in [2.75, 3.05) is 11.9 Å². The highest BCUT2D eigenvalue weighted by molar-refractivity contribution is 6.37. The fourth-order valence-corrected chi connectivity index (χ4v) is 4.16. The number of ether oxygens (including phenoxy) is 1. The van der Waals surface area contributed by atoms with Gasteiger partial charge in [0.05, 0.1) is 23.7 Å². The molecule has 0 fully saturated rings. The monoisotopic (exact) mass is 493 g/mol. The smallest absolute Gasteiger partial charge is 0.227 e. The minimum Gasteiger partial charge on any atom is -0.504 e. The minimum absolute atomic E-state index is 0.137. The lowest BCUT2D eigenvalue weighted by Crippen LogP contribution is -2.15. The highest BCUT2D eigenvalue weighted by Gasteiger charge is 2.14. The molecule has 0 aliphatic rings. The molecule has 0 atom stereocenters. The van der Waals surface area contributed by atoms with Gasteiger partial charge in [-0.25, -0.2) is 0 Å². The van der Waals surface area contributed by atoms with Gasteiger partial charge in [-0.05, 0) is 49.1 Å². The number of phenols is 1. The Hall–Kier alpha value is -1.91. The normalized spacial score (nSPS) is 10.9. The second-order valence-electron chi connectivity index (χ2n) is 8.57. The number of carbonyl (C=O) groups excluding carboxylic acids is 1. The van der Waals surface area contributed by atoms with Gasteiger partial charge in [-0.2, -0.15) is 0 Å². The number of carbonyl (C=O) groups is 1. The van der Waals surface area contributed by atoms with Gasteiger partial charge in [-0.1, -0.05) is 93.6 Å². The van der Waals surface area contributed by atoms with E-state index in [2.05, 4.69) is 18.3 Å². The Bertz CT molecular complexity index is 886. The average molecular weight is 495 g/mol. The summed E-state index contributed by atoms with van der Waals surface area (Å²) in [7, 11) is 0. The van der Waals surface area contributed by atoms with Crippen LogP contribution in [0.2, 0.25) is 10.0 Å². The quantitative estimate of drug-likeness (QED) is 0.193. The number of amides is 1. The Morgan fingerprint density at radius 1 is 1.00 bits per heavy atom. The van der Waals surface area contributed by atoms with E-state index < -0.39 is 0 Å². The van der Waals surface area contributed by atoms with E-state index in [0.29, 0.717) is 10.6 Å². The van der Waals surface area contributed by atoms with Gasteiger partial charge in [0, 0.05) is 5.02 Å². The van der Waals surface area contributed by atoms with Crippen LogP contribution in [0.3, 0.4) is 0 Å². The van der Waals surface area contributed by atoms with Crippen molar-refractivity contribution < 1.29 is 14.6 Å². The molecule has 0 aliphatic carbocycles. The lowest BCUT2D eigenvalue weighted by atomic mass is 10.0. The van der Waals surface area contributed by atoms with Crippen LogP contribution >= 0.6 is 23.2 Å². The molecular weight excluding hydrogens is 457 g/mol. The summed E-state index contributed by atoms with van der Waals surface area (Å²) in [5, 5.41) is 13.3. The van der Waals surface area contributed by atoms with Crippen LogP contribution in [0.25, 0.3) is 0 Å². The molecule has 182 valence electrons. The van der Waals surface area contributed by atoms with E-state index in [-0.39, 0.29) is 35.4 Å². The van der Waals surface area contributed by atoms with Gasteiger partial charge in [0.15, 0.2) is 5.75 Å². The molecule has 0 radical (unpaired) electrons. The zero-order valence-corrected chi connectivity index (χ0v) is 21.4. The number of anilines is 1. The summed E-state index contributed by atoms with van der Waals surface area (Å²) in [6.45, 7) is 4.19. The van der Waals surface area contributed by atoms with Crippen LogP contribution < -0.4 is 10.1 Å². The number of phenolic OH excluding ortho intramolecular Hbond substituents is 1. The molecule has 0 spiro atoms. The van der Waals surface area contributed by atoms with Crippen molar-refractivity contribution in [3.05, 3.63) is 51.5 Å². The van der Waals surface area contributed by atoms with Gasteiger partial charge >= 0.3 is 0 Å². The van der Waals surface area contributed by atoms with Crippen molar-refractivity contribution in [1.82, 2.24) is 0 Å². The van der Waals surface area contributed by atoms with Gasteiger partial charge in [0.25, 0.3) is 0 Å². The van der Waals surface area contributed by atoms with Crippen LogP contribution in [0.1, 0.15) is 82.3 Å². The van der Waals surface area contributed by atoms with Gasteiger partial charge in [0.2, 0.25) is 5.91 Å². The average Bonchev–Trinajstić information content (AvgIpc) is 2.80. The molecule has 0 saturated carbocycles. The number of aromatic hydroxyl groups is 1. The number of rotatable bonds is 15. The largest absolute Gasteiger partial charge is 0.504 e. The third kappa shape index (κ3) is 9.85. The van der Waals surface area contributed by atoms with Crippen LogP contribution in [0.5, 0.6) is 11.5 Å². The number of benzene rings is 2. The Morgan fingerprint density at radius 2 is 1.67 bits per heavy atom. The SMILES string of the molecule is CCCCCCCCCCCc1cccc(OCCC(=O)Nc2cc(Cl)c(C)c(Cl)c2O)c1. The van der Waals surface area contributed by atoms with Crippen molar-refractivity contribution in [3.8, 4) is 11.5 Å². The van der Waals surface area contributed by atoms with Crippen LogP contribution in [-0.4, -0.2) is 17.6 Å². The van der Waals surface area contributed by atoms with E-state index in [1.54, 1.807) is 6.92 Å². The summed E-state index contributed by atoms with van der Waals surface area (Å²) in [5.74, 6) is 0.296. The molecule has 6 heteroatoms. The first-order chi connectivity index (χ1) is 15.9. The predicted octanol–water partition coefficient (Wildman–Crippen LogP) is 8.49. The lowest BCUT2D eigenvalue weighted by Gasteiger charge is -2.12. The summed E-state index contributed by atoms with van der Waals surface area (Å²) in [6.07, 6.45) is 13.1. The van der Waals surface area contributed by atoms with Crippen LogP contribution in [0.4, 0.5) is 5.69 Å². The Labute approximate surface area is 208 Å². The number of hydrogen-bond donors (Lipinski definition) is 2. The van der Waals surface area contributed by atoms with Gasteiger partial charge in [-0.3, -0.25) is 4.79 Å². The summed E-state index contributed by atoms with van der Waals surface area (Å²) in [6, 6.07) is 9.56. The minimum atomic E-state index is -0.285. The van der Waals surface area contributed by atoms with E-state index >= 15 is 0 Å². The molecule has 0 saturated heterocycles. The molecule has 0 bridgehead atoms. The van der Waals surface area contributed by atoms with Crippen molar-refractivity contribution in [1.29, 1.82) is 0 Å². The first-order valence-electron chi connectivity index (χ1n) is 12.1. The zero-order chi connectivity index (χ0) is 24.1. The maximum Gasteiger partial charge on any atom is 0.227 e. The topological polar surface area (TPSA) is 58.6 Å². The number of nitrogens with one attached hydrogen (secondary N) is 1. The van der Waals surface area contributed by atoms with Crippen molar-refractivity contribution in [2.24, 2.45) is 0 Å². The second-order valence-corrected chi connectivity index (χ2v) is 9.35. The van der Waals surface area contributed by atoms with Crippen LogP contribution in [0, 0.1) is 6.92 Å². The summed E-state index contributed by atoms with van der Waals surface area (Å²) in [5.41, 5.74) is 2.02. The van der Waals surface area contributed by atoms with Crippen LogP contribution in [-0.2, 0) is 11.2 Å². The van der Waals surface area contributed by atoms with E-state index in [9.17, 15) is 9.90 Å². The highest BCUT2D eigenvalue weighted by Crippen LogP contribution is 2.38. The maximum atomic E-state index is 12.2. The first-order valence-corrected chi connectivity index (χ1v) is 12.9. The first kappa shape index (κ1) is 27.3. The lowest BCUT2D eigenvalue weighted by molar-refractivity contribution is -0.116. The number of halogens is 2. The van der Waals surface area contributed by atoms with Gasteiger partial charge < -0.3 is 15.2 Å². The summed E-state index contributed by atoms with van der Waals surface area (Å²) in [4.78, 5) is 12.2. The molecule has 33 heavy (non-hydrogen) atoms. The predicted molar refractivity (Wildman–Crippen MR) is 139 cm³/mol. The standard InChI is InChI=1S/C27H37Cl2NO3/c1-3-4-5-6-7-8-9-10-11-13-21-14-12-15-22(18-21)33-17-16-25(31)30-24-19-23(28)20(2)26(29)27(24)32/h12,14-15,18-19,32H,3-11,13,16-17H2,1-2H3,(H,30,31). The Kier molecular flexibility index (Phi) is 12.5. The van der Waals surface area contributed by atoms with Crippen molar-refractivity contribution >= 4 is 34.8 Å². The number of hydrogen-bond acceptors (Lipinski definition) is 3. The Balaban J connectivity index is 1.67. The second kappa shape index (κ2) is 15.1. The number of unbranched alkanes of at least 4 members (excludes halogenated alkanes) is 8. The molecule has 0 unspecified atom stereocenters. The fourth-order valence-electron chi connectivity index (χ4n) is 3.70. The zero-order valence-electron chi connectivity index (χ0n) is 19.9. The molecular formula is C27H37Cl2NO3. The van der Waals surface area contributed by atoms with E-state index in [1.807, 2.05) is 18.2 Å². The molecule has 4 nitrogen and oxygen atoms in total. The summed E-state index contributed by atoms with van der Waals surface area (Å²) < 4.78 is 5.77. The fraction of sp³-hybridized carbons (Fsp3) is 0.519. The third-order valence-corrected chi connectivity index (χ3v) is 6.62.